The number of rotatable bonds is 4. The number of methoxy groups -OCH3 is 3. The molecule has 1 aliphatic carbocycles. The van der Waals surface area contributed by atoms with Gasteiger partial charge in [-0.1, -0.05) is 11.6 Å². The standard InChI is InChI=1S/C24H30N2O6/c1-6-13-11-26-19-8-14(13)22(12-27,21(28)31-5)23-10-20(26)32-24(19,23)25(2)16-9-18(30-4)17(29-3)7-15(16)23/h6-7,9,14,19-20,27H,8,10-12H2,1-5H3. The number of hydrogen-bond donors (Lipinski definition) is 1. The van der Waals surface area contributed by atoms with Crippen LogP contribution in [-0.2, 0) is 19.7 Å². The van der Waals surface area contributed by atoms with Gasteiger partial charge in [0.1, 0.15) is 11.6 Å². The number of carbonyl (C=O) groups excluding carboxylic acids is 1. The lowest BCUT2D eigenvalue weighted by atomic mass is 9.42. The lowest BCUT2D eigenvalue weighted by molar-refractivity contribution is -0.194. The van der Waals surface area contributed by atoms with Crippen LogP contribution in [0.3, 0.4) is 0 Å². The lowest BCUT2D eigenvalue weighted by Crippen LogP contribution is -2.79. The van der Waals surface area contributed by atoms with Gasteiger partial charge in [0.25, 0.3) is 0 Å². The maximum absolute atomic E-state index is 13.8. The highest BCUT2D eigenvalue weighted by Crippen LogP contribution is 2.78. The summed E-state index contributed by atoms with van der Waals surface area (Å²) in [5.41, 5.74) is 0.352. The smallest absolute Gasteiger partial charge is 0.315 e. The van der Waals surface area contributed by atoms with Crippen LogP contribution in [0.2, 0.25) is 0 Å². The van der Waals surface area contributed by atoms with Gasteiger partial charge in [-0.3, -0.25) is 9.69 Å². The van der Waals surface area contributed by atoms with Crippen molar-refractivity contribution in [3.05, 3.63) is 29.3 Å². The Hall–Kier alpha value is -2.29. The molecule has 1 N–H and O–H groups in total. The third-order valence-corrected chi connectivity index (χ3v) is 9.25. The number of aliphatic hydroxyl groups is 1. The maximum atomic E-state index is 13.8. The molecule has 0 aromatic heterocycles. The van der Waals surface area contributed by atoms with Crippen LogP contribution < -0.4 is 14.4 Å². The molecular weight excluding hydrogens is 412 g/mol. The van der Waals surface area contributed by atoms with Crippen LogP contribution >= 0.6 is 0 Å². The molecule has 4 heterocycles. The molecule has 8 nitrogen and oxygen atoms in total. The van der Waals surface area contributed by atoms with Crippen molar-refractivity contribution in [3.63, 3.8) is 0 Å². The summed E-state index contributed by atoms with van der Waals surface area (Å²) in [6.07, 6.45) is 3.32. The molecular formula is C24H30N2O6. The van der Waals surface area contributed by atoms with E-state index in [0.29, 0.717) is 17.9 Å². The van der Waals surface area contributed by atoms with Gasteiger partial charge in [0.2, 0.25) is 0 Å². The summed E-state index contributed by atoms with van der Waals surface area (Å²) in [6.45, 7) is 2.44. The monoisotopic (exact) mass is 442 g/mol. The fourth-order valence-corrected chi connectivity index (χ4v) is 8.15. The molecule has 1 aromatic rings. The molecule has 1 aromatic carbocycles. The van der Waals surface area contributed by atoms with Crippen molar-refractivity contribution in [1.29, 1.82) is 0 Å². The summed E-state index contributed by atoms with van der Waals surface area (Å²) in [6, 6.07) is 4.06. The predicted molar refractivity (Wildman–Crippen MR) is 116 cm³/mol. The maximum Gasteiger partial charge on any atom is 0.315 e. The first-order chi connectivity index (χ1) is 15.4. The fourth-order valence-electron chi connectivity index (χ4n) is 8.15. The Balaban J connectivity index is 1.74. The number of ether oxygens (including phenoxy) is 4. The van der Waals surface area contributed by atoms with Gasteiger partial charge >= 0.3 is 5.97 Å². The van der Waals surface area contributed by atoms with E-state index in [1.165, 1.54) is 12.7 Å². The first-order valence-corrected chi connectivity index (χ1v) is 11.2. The highest BCUT2D eigenvalue weighted by molar-refractivity contribution is 5.86. The fraction of sp³-hybridized carbons (Fsp3) is 0.625. The zero-order valence-electron chi connectivity index (χ0n) is 19.2. The minimum Gasteiger partial charge on any atom is -0.493 e. The molecule has 1 saturated carbocycles. The van der Waals surface area contributed by atoms with Crippen molar-refractivity contribution < 1.29 is 28.8 Å². The van der Waals surface area contributed by atoms with Crippen LogP contribution in [0.1, 0.15) is 25.3 Å². The number of fused-ring (bicyclic) bond motifs is 4. The minimum absolute atomic E-state index is 0.105. The van der Waals surface area contributed by atoms with Crippen molar-refractivity contribution in [1.82, 2.24) is 4.90 Å². The summed E-state index contributed by atoms with van der Waals surface area (Å²) in [4.78, 5) is 18.4. The summed E-state index contributed by atoms with van der Waals surface area (Å²) >= 11 is 0. The molecule has 4 aliphatic heterocycles. The van der Waals surface area contributed by atoms with Gasteiger partial charge in [-0.05, 0) is 25.0 Å². The Labute approximate surface area is 187 Å². The number of hydrogen-bond acceptors (Lipinski definition) is 8. The average molecular weight is 443 g/mol. The summed E-state index contributed by atoms with van der Waals surface area (Å²) < 4.78 is 23.6. The van der Waals surface area contributed by atoms with Crippen LogP contribution in [0.4, 0.5) is 5.69 Å². The van der Waals surface area contributed by atoms with Crippen LogP contribution in [0.5, 0.6) is 11.5 Å². The topological polar surface area (TPSA) is 80.7 Å². The second-order valence-corrected chi connectivity index (χ2v) is 9.62. The number of piperidine rings is 2. The molecule has 6 rings (SSSR count). The molecule has 4 fully saturated rings. The third-order valence-electron chi connectivity index (χ3n) is 9.25. The number of nitrogens with zero attached hydrogens (tertiary/aromatic N) is 2. The quantitative estimate of drug-likeness (QED) is 0.557. The second-order valence-electron chi connectivity index (χ2n) is 9.62. The van der Waals surface area contributed by atoms with Crippen LogP contribution in [0.15, 0.2) is 23.8 Å². The average Bonchev–Trinajstić information content (AvgIpc) is 3.43. The Morgan fingerprint density at radius 3 is 2.62 bits per heavy atom. The van der Waals surface area contributed by atoms with E-state index in [-0.39, 0.29) is 30.8 Å². The summed E-state index contributed by atoms with van der Waals surface area (Å²) in [5.74, 6) is 0.724. The first kappa shape index (κ1) is 20.3. The van der Waals surface area contributed by atoms with Gasteiger partial charge in [0.15, 0.2) is 17.2 Å². The molecule has 4 bridgehead atoms. The normalized spacial score (nSPS) is 41.8. The summed E-state index contributed by atoms with van der Waals surface area (Å²) in [7, 11) is 6.68. The largest absolute Gasteiger partial charge is 0.493 e. The Morgan fingerprint density at radius 1 is 1.28 bits per heavy atom. The number of likely N-dealkylation sites (N-methyl/N-ethyl adjacent to an activating group) is 1. The number of carbonyl (C=O) groups is 1. The van der Waals surface area contributed by atoms with Gasteiger partial charge in [0, 0.05) is 37.7 Å². The van der Waals surface area contributed by atoms with Crippen molar-refractivity contribution >= 4 is 11.7 Å². The SMILES string of the molecule is CC=C1CN2C3CC45c6cc(OC)c(OC)cc6N(C)C4(O3)C2CC1C5(CO)C(=O)OC. The van der Waals surface area contributed by atoms with Gasteiger partial charge < -0.3 is 29.0 Å². The van der Waals surface area contributed by atoms with Crippen molar-refractivity contribution in [2.45, 2.75) is 43.2 Å². The van der Waals surface area contributed by atoms with Crippen molar-refractivity contribution in [2.24, 2.45) is 11.3 Å². The predicted octanol–water partition coefficient (Wildman–Crippen LogP) is 1.65. The lowest BCUT2D eigenvalue weighted by Gasteiger charge is -2.65. The highest BCUT2D eigenvalue weighted by Gasteiger charge is 2.88. The van der Waals surface area contributed by atoms with Crippen molar-refractivity contribution in [3.8, 4) is 11.5 Å². The molecule has 5 aliphatic rings. The van der Waals surface area contributed by atoms with E-state index in [0.717, 1.165) is 24.2 Å². The molecule has 1 spiro atoms. The third kappa shape index (κ3) is 1.74. The molecule has 6 unspecified atom stereocenters. The molecule has 8 heteroatoms. The van der Waals surface area contributed by atoms with E-state index in [9.17, 15) is 9.90 Å². The van der Waals surface area contributed by atoms with Gasteiger partial charge in [0.05, 0.1) is 39.4 Å². The van der Waals surface area contributed by atoms with E-state index in [1.807, 2.05) is 26.1 Å². The van der Waals surface area contributed by atoms with Crippen LogP contribution in [-0.4, -0.2) is 75.5 Å². The van der Waals surface area contributed by atoms with Gasteiger partial charge in [-0.15, -0.1) is 0 Å². The zero-order valence-corrected chi connectivity index (χ0v) is 19.2. The van der Waals surface area contributed by atoms with Gasteiger partial charge in [-0.25, -0.2) is 0 Å². The summed E-state index contributed by atoms with van der Waals surface area (Å²) in [5, 5.41) is 11.1. The Kier molecular flexibility index (Phi) is 3.93. The number of anilines is 1. The zero-order chi connectivity index (χ0) is 22.6. The number of aliphatic hydroxyl groups excluding tert-OH is 1. The Morgan fingerprint density at radius 2 is 2.00 bits per heavy atom. The van der Waals surface area contributed by atoms with E-state index in [4.69, 9.17) is 18.9 Å². The van der Waals surface area contributed by atoms with Crippen LogP contribution in [0.25, 0.3) is 0 Å². The first-order valence-electron chi connectivity index (χ1n) is 11.2. The number of allylic oxidation sites excluding steroid dienone is 1. The molecule has 0 radical (unpaired) electrons. The van der Waals surface area contributed by atoms with E-state index in [1.54, 1.807) is 14.2 Å². The number of esters is 1. The second kappa shape index (κ2) is 6.18. The molecule has 32 heavy (non-hydrogen) atoms. The van der Waals surface area contributed by atoms with Crippen molar-refractivity contribution in [2.75, 3.05) is 46.4 Å². The van der Waals surface area contributed by atoms with Gasteiger partial charge in [-0.2, -0.15) is 0 Å². The van der Waals surface area contributed by atoms with E-state index < -0.39 is 16.6 Å². The molecule has 172 valence electrons. The highest BCUT2D eigenvalue weighted by atomic mass is 16.6. The van der Waals surface area contributed by atoms with E-state index in [2.05, 4.69) is 15.9 Å². The van der Waals surface area contributed by atoms with Crippen LogP contribution in [0, 0.1) is 11.3 Å². The number of benzene rings is 1. The molecule has 3 saturated heterocycles. The minimum atomic E-state index is -1.17. The van der Waals surface area contributed by atoms with E-state index >= 15 is 0 Å². The Bertz CT molecular complexity index is 1060. The molecule has 0 amide bonds. The molecule has 6 atom stereocenters.